The van der Waals surface area contributed by atoms with Crippen LogP contribution >= 0.6 is 0 Å². The number of rotatable bonds is 8. The van der Waals surface area contributed by atoms with E-state index in [1.807, 2.05) is 45.8 Å². The lowest BCUT2D eigenvalue weighted by Gasteiger charge is -2.42. The van der Waals surface area contributed by atoms with Gasteiger partial charge in [0.2, 0.25) is 15.9 Å². The number of likely N-dealkylation sites (N-methyl/N-ethyl adjacent to an activating group) is 2. The highest BCUT2D eigenvalue weighted by atomic mass is 32.2. The first-order valence-electron chi connectivity index (χ1n) is 10.6. The van der Waals surface area contributed by atoms with Crippen LogP contribution in [0.1, 0.15) is 20.8 Å². The number of carbonyl (C=O) groups is 1. The fourth-order valence-electron chi connectivity index (χ4n) is 3.80. The zero-order valence-corrected chi connectivity index (χ0v) is 20.3. The number of fused-ring (bicyclic) bond motifs is 1. The number of sulfonamides is 1. The van der Waals surface area contributed by atoms with Gasteiger partial charge in [0.25, 0.3) is 0 Å². The smallest absolute Gasteiger partial charge is 0.249 e. The highest BCUT2D eigenvalue weighted by Gasteiger charge is 2.35. The zero-order chi connectivity index (χ0) is 23.6. The SMILES string of the molecule is CC(C)N1c2cc(Nc3cccc(S(=O)(=O)NCCN(C)C)c3)ncc2N(C)C(=O)C1C. The Morgan fingerprint density at radius 1 is 1.19 bits per heavy atom. The lowest BCUT2D eigenvalue weighted by Crippen LogP contribution is -2.53. The minimum absolute atomic E-state index is 0.0217. The lowest BCUT2D eigenvalue weighted by molar-refractivity contribution is -0.119. The highest BCUT2D eigenvalue weighted by Crippen LogP contribution is 2.38. The first-order chi connectivity index (χ1) is 15.0. The predicted molar refractivity (Wildman–Crippen MR) is 128 cm³/mol. The second kappa shape index (κ2) is 9.43. The average Bonchev–Trinajstić information content (AvgIpc) is 2.72. The van der Waals surface area contributed by atoms with Gasteiger partial charge in [0, 0.05) is 37.9 Å². The average molecular weight is 461 g/mol. The van der Waals surface area contributed by atoms with Crippen molar-refractivity contribution in [3.05, 3.63) is 36.5 Å². The van der Waals surface area contributed by atoms with Crippen LogP contribution < -0.4 is 19.8 Å². The number of nitrogens with zero attached hydrogens (tertiary/aromatic N) is 4. The molecule has 1 unspecified atom stereocenters. The van der Waals surface area contributed by atoms with Crippen molar-refractivity contribution in [2.24, 2.45) is 0 Å². The molecule has 9 nitrogen and oxygen atoms in total. The van der Waals surface area contributed by atoms with E-state index in [4.69, 9.17) is 0 Å². The van der Waals surface area contributed by atoms with Crippen LogP contribution in [0.15, 0.2) is 41.4 Å². The number of pyridine rings is 1. The Kier molecular flexibility index (Phi) is 7.06. The minimum Gasteiger partial charge on any atom is -0.355 e. The summed E-state index contributed by atoms with van der Waals surface area (Å²) in [5, 5.41) is 3.20. The fourth-order valence-corrected chi connectivity index (χ4v) is 4.87. The third-order valence-electron chi connectivity index (χ3n) is 5.43. The number of hydrogen-bond acceptors (Lipinski definition) is 7. The third-order valence-corrected chi connectivity index (χ3v) is 6.89. The van der Waals surface area contributed by atoms with E-state index in [2.05, 4.69) is 19.9 Å². The zero-order valence-electron chi connectivity index (χ0n) is 19.5. The molecule has 10 heteroatoms. The van der Waals surface area contributed by atoms with E-state index >= 15 is 0 Å². The van der Waals surface area contributed by atoms with Gasteiger partial charge in [-0.15, -0.1) is 0 Å². The molecule has 1 aliphatic rings. The molecule has 1 aromatic heterocycles. The minimum atomic E-state index is -3.62. The molecule has 32 heavy (non-hydrogen) atoms. The van der Waals surface area contributed by atoms with E-state index in [1.54, 1.807) is 42.4 Å². The molecule has 1 aliphatic heterocycles. The standard InChI is InChI=1S/C22H32N6O3S/c1-15(2)28-16(3)22(29)27(6)20-14-23-21(13-19(20)28)25-17-8-7-9-18(12-17)32(30,31)24-10-11-26(4)5/h7-9,12-16,24H,10-11H2,1-6H3,(H,23,25). The van der Waals surface area contributed by atoms with Crippen molar-refractivity contribution in [2.75, 3.05) is 49.3 Å². The van der Waals surface area contributed by atoms with Crippen LogP contribution in [0.2, 0.25) is 0 Å². The summed E-state index contributed by atoms with van der Waals surface area (Å²) < 4.78 is 27.8. The van der Waals surface area contributed by atoms with Gasteiger partial charge in [-0.25, -0.2) is 18.1 Å². The summed E-state index contributed by atoms with van der Waals surface area (Å²) in [6.07, 6.45) is 1.67. The molecular weight excluding hydrogens is 428 g/mol. The van der Waals surface area contributed by atoms with E-state index in [9.17, 15) is 13.2 Å². The van der Waals surface area contributed by atoms with E-state index in [-0.39, 0.29) is 22.9 Å². The van der Waals surface area contributed by atoms with Gasteiger partial charge >= 0.3 is 0 Å². The molecule has 0 fully saturated rings. The van der Waals surface area contributed by atoms with Crippen LogP contribution in [0.25, 0.3) is 0 Å². The summed E-state index contributed by atoms with van der Waals surface area (Å²) in [5.74, 6) is 0.591. The van der Waals surface area contributed by atoms with E-state index < -0.39 is 10.0 Å². The van der Waals surface area contributed by atoms with Crippen LogP contribution in [-0.2, 0) is 14.8 Å². The molecule has 0 saturated carbocycles. The molecule has 2 heterocycles. The number of benzene rings is 1. The Morgan fingerprint density at radius 3 is 2.56 bits per heavy atom. The molecule has 0 radical (unpaired) electrons. The first-order valence-corrected chi connectivity index (χ1v) is 12.1. The molecule has 2 N–H and O–H groups in total. The molecule has 0 aliphatic carbocycles. The van der Waals surface area contributed by atoms with Crippen LogP contribution in [0, 0.1) is 0 Å². The maximum Gasteiger partial charge on any atom is 0.249 e. The maximum atomic E-state index is 12.6. The number of hydrogen-bond donors (Lipinski definition) is 2. The van der Waals surface area contributed by atoms with Crippen molar-refractivity contribution in [1.82, 2.24) is 14.6 Å². The Bertz CT molecular complexity index is 1090. The largest absolute Gasteiger partial charge is 0.355 e. The van der Waals surface area contributed by atoms with E-state index in [1.165, 1.54) is 0 Å². The summed E-state index contributed by atoms with van der Waals surface area (Å²) >= 11 is 0. The first kappa shape index (κ1) is 24.0. The molecule has 3 rings (SSSR count). The van der Waals surface area contributed by atoms with Crippen molar-refractivity contribution >= 4 is 38.8 Å². The molecule has 1 aromatic carbocycles. The monoisotopic (exact) mass is 460 g/mol. The molecule has 1 atom stereocenters. The van der Waals surface area contributed by atoms with Gasteiger partial charge in [-0.2, -0.15) is 0 Å². The normalized spacial score (nSPS) is 16.6. The molecule has 0 saturated heterocycles. The number of nitrogens with one attached hydrogen (secondary N) is 2. The summed E-state index contributed by atoms with van der Waals surface area (Å²) in [7, 11) is 1.91. The Balaban J connectivity index is 1.86. The Labute approximate surface area is 190 Å². The second-order valence-electron chi connectivity index (χ2n) is 8.49. The van der Waals surface area contributed by atoms with Crippen molar-refractivity contribution in [3.8, 4) is 0 Å². The molecule has 1 amide bonds. The summed E-state index contributed by atoms with van der Waals surface area (Å²) in [6, 6.07) is 8.35. The number of anilines is 4. The number of aromatic nitrogens is 1. The maximum absolute atomic E-state index is 12.6. The van der Waals surface area contributed by atoms with E-state index in [0.717, 1.165) is 11.4 Å². The third kappa shape index (κ3) is 5.03. The highest BCUT2D eigenvalue weighted by molar-refractivity contribution is 7.89. The second-order valence-corrected chi connectivity index (χ2v) is 10.3. The van der Waals surface area contributed by atoms with Crippen LogP contribution in [-0.4, -0.2) is 70.5 Å². The summed E-state index contributed by atoms with van der Waals surface area (Å²) in [6.45, 7) is 6.92. The number of amides is 1. The van der Waals surface area contributed by atoms with Crippen molar-refractivity contribution in [3.63, 3.8) is 0 Å². The quantitative estimate of drug-likeness (QED) is 0.623. The van der Waals surface area contributed by atoms with E-state index in [0.29, 0.717) is 24.6 Å². The van der Waals surface area contributed by atoms with Crippen LogP contribution in [0.4, 0.5) is 22.9 Å². The predicted octanol–water partition coefficient (Wildman–Crippen LogP) is 2.24. The lowest BCUT2D eigenvalue weighted by atomic mass is 10.1. The van der Waals surface area contributed by atoms with Crippen LogP contribution in [0.5, 0.6) is 0 Å². The summed E-state index contributed by atoms with van der Waals surface area (Å²) in [4.78, 5) is 22.8. The Hall–Kier alpha value is -2.69. The summed E-state index contributed by atoms with van der Waals surface area (Å²) in [5.41, 5.74) is 2.26. The molecule has 0 spiro atoms. The van der Waals surface area contributed by atoms with Gasteiger partial charge < -0.3 is 20.0 Å². The topological polar surface area (TPSA) is 97.9 Å². The van der Waals surface area contributed by atoms with Gasteiger partial charge in [0.05, 0.1) is 22.5 Å². The van der Waals surface area contributed by atoms with Gasteiger partial charge in [-0.05, 0) is 53.1 Å². The van der Waals surface area contributed by atoms with Gasteiger partial charge in [-0.3, -0.25) is 4.79 Å². The van der Waals surface area contributed by atoms with Crippen molar-refractivity contribution in [2.45, 2.75) is 37.8 Å². The molecule has 174 valence electrons. The Morgan fingerprint density at radius 2 is 1.91 bits per heavy atom. The molecule has 2 aromatic rings. The van der Waals surface area contributed by atoms with Gasteiger partial charge in [0.15, 0.2) is 0 Å². The van der Waals surface area contributed by atoms with Crippen molar-refractivity contribution < 1.29 is 13.2 Å². The van der Waals surface area contributed by atoms with Gasteiger partial charge in [-0.1, -0.05) is 6.07 Å². The van der Waals surface area contributed by atoms with Gasteiger partial charge in [0.1, 0.15) is 11.9 Å². The molecular formula is C22H32N6O3S. The fraction of sp³-hybridized carbons (Fsp3) is 0.455. The van der Waals surface area contributed by atoms with Crippen LogP contribution in [0.3, 0.4) is 0 Å². The number of carbonyl (C=O) groups excluding carboxylic acids is 1. The molecule has 0 bridgehead atoms. The van der Waals surface area contributed by atoms with Crippen molar-refractivity contribution in [1.29, 1.82) is 0 Å².